The van der Waals surface area contributed by atoms with Crippen molar-refractivity contribution in [1.29, 1.82) is 0 Å². The molecular weight excluding hydrogens is 321 g/mol. The van der Waals surface area contributed by atoms with Gasteiger partial charge in [-0.05, 0) is 24.3 Å². The average Bonchev–Trinajstić information content (AvgIpc) is 2.86. The van der Waals surface area contributed by atoms with Gasteiger partial charge in [-0.1, -0.05) is 35.3 Å². The molecule has 114 valence electrons. The van der Waals surface area contributed by atoms with Crippen molar-refractivity contribution in [2.24, 2.45) is 12.8 Å². The Labute approximate surface area is 138 Å². The Bertz CT molecular complexity index is 845. The Hall–Kier alpha value is -1.75. The van der Waals surface area contributed by atoms with Crippen LogP contribution in [0.1, 0.15) is 17.4 Å². The van der Waals surface area contributed by atoms with E-state index in [4.69, 9.17) is 33.7 Å². The third-order valence-electron chi connectivity index (χ3n) is 3.71. The third kappa shape index (κ3) is 2.33. The number of rotatable bonds is 3. The van der Waals surface area contributed by atoms with E-state index in [2.05, 4.69) is 4.98 Å². The molecule has 3 aromatic rings. The first-order chi connectivity index (χ1) is 10.5. The summed E-state index contributed by atoms with van der Waals surface area (Å²) in [7, 11) is 3.47. The summed E-state index contributed by atoms with van der Waals surface area (Å²) in [6.07, 6.45) is 0. The summed E-state index contributed by atoms with van der Waals surface area (Å²) in [5.41, 5.74) is 8.94. The Morgan fingerprint density at radius 1 is 1.14 bits per heavy atom. The van der Waals surface area contributed by atoms with Crippen molar-refractivity contribution in [2.75, 3.05) is 7.11 Å². The molecule has 0 spiro atoms. The highest BCUT2D eigenvalue weighted by Gasteiger charge is 2.24. The lowest BCUT2D eigenvalue weighted by molar-refractivity contribution is 0.407. The van der Waals surface area contributed by atoms with Crippen LogP contribution in [0, 0.1) is 0 Å². The standard InChI is InChI=1S/C16H15Cl2N3O/c1-21-12-6-4-3-5-11(12)20-16(21)14(19)13-9(17)7-8-10(18)15(13)22-2/h3-8,14H,19H2,1-2H3. The first-order valence-electron chi connectivity index (χ1n) is 6.73. The molecule has 1 unspecified atom stereocenters. The molecule has 0 aliphatic heterocycles. The average molecular weight is 336 g/mol. The summed E-state index contributed by atoms with van der Waals surface area (Å²) in [4.78, 5) is 4.62. The van der Waals surface area contributed by atoms with E-state index in [9.17, 15) is 0 Å². The summed E-state index contributed by atoms with van der Waals surface area (Å²) in [6, 6.07) is 10.7. The van der Waals surface area contributed by atoms with Gasteiger partial charge in [0.2, 0.25) is 0 Å². The number of methoxy groups -OCH3 is 1. The highest BCUT2D eigenvalue weighted by atomic mass is 35.5. The maximum absolute atomic E-state index is 6.42. The lowest BCUT2D eigenvalue weighted by Gasteiger charge is -2.18. The van der Waals surface area contributed by atoms with Crippen molar-refractivity contribution in [3.8, 4) is 5.75 Å². The zero-order valence-corrected chi connectivity index (χ0v) is 13.7. The lowest BCUT2D eigenvalue weighted by atomic mass is 10.1. The van der Waals surface area contributed by atoms with Gasteiger partial charge in [-0.2, -0.15) is 0 Å². The number of hydrogen-bond acceptors (Lipinski definition) is 3. The second-order valence-electron chi connectivity index (χ2n) is 4.97. The maximum Gasteiger partial charge on any atom is 0.144 e. The van der Waals surface area contributed by atoms with E-state index in [1.807, 2.05) is 35.9 Å². The van der Waals surface area contributed by atoms with Gasteiger partial charge in [0, 0.05) is 17.6 Å². The van der Waals surface area contributed by atoms with Crippen LogP contribution in [0.25, 0.3) is 11.0 Å². The fraction of sp³-hybridized carbons (Fsp3) is 0.188. The number of nitrogens with zero attached hydrogens (tertiary/aromatic N) is 2. The van der Waals surface area contributed by atoms with E-state index in [-0.39, 0.29) is 0 Å². The number of hydrogen-bond donors (Lipinski definition) is 1. The highest BCUT2D eigenvalue weighted by Crippen LogP contribution is 2.39. The fourth-order valence-electron chi connectivity index (χ4n) is 2.62. The third-order valence-corrected chi connectivity index (χ3v) is 4.34. The predicted molar refractivity (Wildman–Crippen MR) is 89.8 cm³/mol. The van der Waals surface area contributed by atoms with Gasteiger partial charge < -0.3 is 15.0 Å². The second kappa shape index (κ2) is 5.80. The number of para-hydroxylation sites is 2. The molecule has 4 nitrogen and oxygen atoms in total. The van der Waals surface area contributed by atoms with Gasteiger partial charge in [-0.25, -0.2) is 4.98 Å². The monoisotopic (exact) mass is 335 g/mol. The Kier molecular flexibility index (Phi) is 4.00. The summed E-state index contributed by atoms with van der Waals surface area (Å²) < 4.78 is 7.34. The van der Waals surface area contributed by atoms with Gasteiger partial charge in [-0.15, -0.1) is 0 Å². The zero-order chi connectivity index (χ0) is 15.9. The molecule has 0 bridgehead atoms. The number of nitrogens with two attached hydrogens (primary N) is 1. The number of fused-ring (bicyclic) bond motifs is 1. The molecular formula is C16H15Cl2N3O. The van der Waals surface area contributed by atoms with Crippen LogP contribution in [0.15, 0.2) is 36.4 Å². The van der Waals surface area contributed by atoms with Gasteiger partial charge in [0.25, 0.3) is 0 Å². The van der Waals surface area contributed by atoms with Gasteiger partial charge in [0.05, 0.1) is 29.2 Å². The van der Waals surface area contributed by atoms with Crippen molar-refractivity contribution >= 4 is 34.2 Å². The lowest BCUT2D eigenvalue weighted by Crippen LogP contribution is -2.18. The highest BCUT2D eigenvalue weighted by molar-refractivity contribution is 6.35. The molecule has 0 aliphatic carbocycles. The van der Waals surface area contributed by atoms with Gasteiger partial charge in [-0.3, -0.25) is 0 Å². The van der Waals surface area contributed by atoms with Crippen LogP contribution in [0.2, 0.25) is 10.0 Å². The number of imidazole rings is 1. The van der Waals surface area contributed by atoms with Crippen molar-refractivity contribution in [1.82, 2.24) is 9.55 Å². The summed E-state index contributed by atoms with van der Waals surface area (Å²) in [5.74, 6) is 1.18. The number of ether oxygens (including phenoxy) is 1. The number of halogens is 2. The van der Waals surface area contributed by atoms with Crippen LogP contribution >= 0.6 is 23.2 Å². The van der Waals surface area contributed by atoms with Crippen molar-refractivity contribution in [3.63, 3.8) is 0 Å². The first kappa shape index (κ1) is 15.2. The second-order valence-corrected chi connectivity index (χ2v) is 5.79. The van der Waals surface area contributed by atoms with E-state index in [1.54, 1.807) is 19.2 Å². The molecule has 0 radical (unpaired) electrons. The molecule has 1 atom stereocenters. The molecule has 2 N–H and O–H groups in total. The predicted octanol–water partition coefficient (Wildman–Crippen LogP) is 3.94. The van der Waals surface area contributed by atoms with Gasteiger partial charge in [0.1, 0.15) is 11.6 Å². The topological polar surface area (TPSA) is 53.1 Å². The van der Waals surface area contributed by atoms with Crippen LogP contribution in [-0.4, -0.2) is 16.7 Å². The molecule has 1 aromatic heterocycles. The first-order valence-corrected chi connectivity index (χ1v) is 7.49. The molecule has 0 saturated heterocycles. The van der Waals surface area contributed by atoms with Crippen LogP contribution < -0.4 is 10.5 Å². The van der Waals surface area contributed by atoms with Crippen LogP contribution in [0.5, 0.6) is 5.75 Å². The molecule has 1 heterocycles. The fourth-order valence-corrected chi connectivity index (χ4v) is 3.13. The van der Waals surface area contributed by atoms with Crippen molar-refractivity contribution in [2.45, 2.75) is 6.04 Å². The summed E-state index contributed by atoms with van der Waals surface area (Å²) in [5, 5.41) is 0.969. The Balaban J connectivity index is 2.20. The molecule has 3 rings (SSSR count). The molecule has 0 aliphatic rings. The maximum atomic E-state index is 6.42. The zero-order valence-electron chi connectivity index (χ0n) is 12.2. The number of aryl methyl sites for hydroxylation is 1. The van der Waals surface area contributed by atoms with Gasteiger partial charge in [0.15, 0.2) is 0 Å². The van der Waals surface area contributed by atoms with E-state index < -0.39 is 6.04 Å². The van der Waals surface area contributed by atoms with Crippen LogP contribution in [-0.2, 0) is 7.05 Å². The number of benzene rings is 2. The van der Waals surface area contributed by atoms with E-state index in [1.165, 1.54) is 0 Å². The largest absolute Gasteiger partial charge is 0.495 e. The normalized spacial score (nSPS) is 12.6. The van der Waals surface area contributed by atoms with Crippen LogP contribution in [0.3, 0.4) is 0 Å². The summed E-state index contributed by atoms with van der Waals surface area (Å²) >= 11 is 12.5. The van der Waals surface area contributed by atoms with E-state index >= 15 is 0 Å². The minimum absolute atomic E-state index is 0.469. The molecule has 0 fully saturated rings. The minimum Gasteiger partial charge on any atom is -0.495 e. The minimum atomic E-state index is -0.543. The number of aromatic nitrogens is 2. The van der Waals surface area contributed by atoms with Crippen LogP contribution in [0.4, 0.5) is 0 Å². The Morgan fingerprint density at radius 3 is 2.50 bits per heavy atom. The molecule has 2 aromatic carbocycles. The molecule has 0 saturated carbocycles. The van der Waals surface area contributed by atoms with E-state index in [0.29, 0.717) is 27.2 Å². The summed E-state index contributed by atoms with van der Waals surface area (Å²) in [6.45, 7) is 0. The molecule has 6 heteroatoms. The molecule has 0 amide bonds. The molecule has 22 heavy (non-hydrogen) atoms. The van der Waals surface area contributed by atoms with E-state index in [0.717, 1.165) is 11.0 Å². The van der Waals surface area contributed by atoms with Crippen molar-refractivity contribution in [3.05, 3.63) is 57.8 Å². The SMILES string of the molecule is COc1c(Cl)ccc(Cl)c1C(N)c1nc2ccccc2n1C. The smallest absolute Gasteiger partial charge is 0.144 e. The quantitative estimate of drug-likeness (QED) is 0.788. The Morgan fingerprint density at radius 2 is 1.82 bits per heavy atom. The van der Waals surface area contributed by atoms with Crippen molar-refractivity contribution < 1.29 is 4.74 Å². The van der Waals surface area contributed by atoms with Gasteiger partial charge >= 0.3 is 0 Å².